The van der Waals surface area contributed by atoms with E-state index in [1.54, 1.807) is 20.8 Å². The number of ether oxygens (including phenoxy) is 8. The molecule has 55 heavy (non-hydrogen) atoms. The van der Waals surface area contributed by atoms with Gasteiger partial charge in [0, 0.05) is 6.42 Å². The van der Waals surface area contributed by atoms with Crippen LogP contribution in [0.2, 0.25) is 0 Å². The zero-order valence-corrected chi connectivity index (χ0v) is 31.6. The lowest BCUT2D eigenvalue weighted by Gasteiger charge is -2.42. The van der Waals surface area contributed by atoms with Crippen molar-refractivity contribution >= 4 is 11.9 Å². The third-order valence-corrected chi connectivity index (χ3v) is 9.15. The normalized spacial score (nSPS) is 22.7. The number of hydrogen-bond acceptors (Lipinski definition) is 10. The minimum Gasteiger partial charge on any atom is -0.466 e. The van der Waals surface area contributed by atoms with Crippen LogP contribution in [0.1, 0.15) is 49.4 Å². The number of hydrogen-bond donors (Lipinski definition) is 0. The van der Waals surface area contributed by atoms with E-state index in [9.17, 15) is 9.59 Å². The molecular formula is C45H50O10. The number of carbonyl (C=O) groups is 2. The second kappa shape index (κ2) is 19.7. The highest BCUT2D eigenvalue weighted by Crippen LogP contribution is 2.32. The molecule has 0 amide bonds. The predicted molar refractivity (Wildman–Crippen MR) is 204 cm³/mol. The Kier molecular flexibility index (Phi) is 14.2. The van der Waals surface area contributed by atoms with Gasteiger partial charge < -0.3 is 37.9 Å². The minimum absolute atomic E-state index is 0.180. The Bertz CT molecular complexity index is 1790. The molecule has 0 aliphatic carbocycles. The van der Waals surface area contributed by atoms with Crippen molar-refractivity contribution in [2.24, 2.45) is 5.41 Å². The summed E-state index contributed by atoms with van der Waals surface area (Å²) in [4.78, 5) is 25.8. The van der Waals surface area contributed by atoms with Gasteiger partial charge >= 0.3 is 11.9 Å². The molecule has 1 saturated heterocycles. The molecule has 6 rings (SSSR count). The molecule has 0 saturated carbocycles. The predicted octanol–water partition coefficient (Wildman–Crippen LogP) is 7.49. The van der Waals surface area contributed by atoms with Gasteiger partial charge in [0.2, 0.25) is 6.29 Å². The molecule has 10 nitrogen and oxygen atoms in total. The largest absolute Gasteiger partial charge is 0.466 e. The fourth-order valence-corrected chi connectivity index (χ4v) is 6.21. The van der Waals surface area contributed by atoms with Gasteiger partial charge in [0.15, 0.2) is 12.2 Å². The Balaban J connectivity index is 1.25. The van der Waals surface area contributed by atoms with E-state index in [-0.39, 0.29) is 32.0 Å². The lowest BCUT2D eigenvalue weighted by Crippen LogP contribution is -2.53. The molecule has 2 heterocycles. The standard InChI is InChI=1S/C45H50O10/c1-45(2,3)44(47)52-31-39-43(51-29-35-22-14-7-15-23-35)37(24-40(46)53-39)54-41-25-36(49-27-33-18-10-5-11-19-33)42(50-28-34-20-12-6-13-21-34)38(55-41)30-48-26-32-16-8-4-9-17-32/h4-24,36,38-39,41-43H,25-31H2,1-3H3/t36-,38-,39-,41+,42+,43-/m1/s1. The Hall–Kier alpha value is -4.84. The lowest BCUT2D eigenvalue weighted by atomic mass is 9.97. The minimum atomic E-state index is -0.969. The lowest BCUT2D eigenvalue weighted by molar-refractivity contribution is -0.275. The van der Waals surface area contributed by atoms with E-state index in [0.717, 1.165) is 22.3 Å². The highest BCUT2D eigenvalue weighted by atomic mass is 16.7. The molecule has 4 aromatic rings. The monoisotopic (exact) mass is 750 g/mol. The molecule has 0 N–H and O–H groups in total. The molecule has 290 valence electrons. The third kappa shape index (κ3) is 12.1. The second-order valence-corrected chi connectivity index (χ2v) is 14.6. The summed E-state index contributed by atoms with van der Waals surface area (Å²) in [5.41, 5.74) is 3.18. The van der Waals surface area contributed by atoms with Crippen molar-refractivity contribution in [2.75, 3.05) is 13.2 Å². The maximum Gasteiger partial charge on any atom is 0.334 e. The number of esters is 2. The van der Waals surface area contributed by atoms with Gasteiger partial charge in [-0.1, -0.05) is 121 Å². The van der Waals surface area contributed by atoms with E-state index in [1.165, 1.54) is 6.08 Å². The summed E-state index contributed by atoms with van der Waals surface area (Å²) in [5, 5.41) is 0. The van der Waals surface area contributed by atoms with Crippen molar-refractivity contribution < 1.29 is 47.5 Å². The fourth-order valence-electron chi connectivity index (χ4n) is 6.21. The van der Waals surface area contributed by atoms with Gasteiger partial charge in [0.05, 0.1) is 50.6 Å². The molecule has 0 spiro atoms. The van der Waals surface area contributed by atoms with Crippen molar-refractivity contribution in [3.63, 3.8) is 0 Å². The van der Waals surface area contributed by atoms with Gasteiger partial charge in [0.1, 0.15) is 24.6 Å². The first-order valence-electron chi connectivity index (χ1n) is 18.7. The summed E-state index contributed by atoms with van der Waals surface area (Å²) >= 11 is 0. The Morgan fingerprint density at radius 1 is 0.655 bits per heavy atom. The van der Waals surface area contributed by atoms with Gasteiger partial charge in [-0.2, -0.15) is 0 Å². The highest BCUT2D eigenvalue weighted by molar-refractivity contribution is 5.84. The van der Waals surface area contributed by atoms with Gasteiger partial charge in [-0.3, -0.25) is 4.79 Å². The van der Waals surface area contributed by atoms with E-state index in [2.05, 4.69) is 0 Å². The first kappa shape index (κ1) is 39.8. The van der Waals surface area contributed by atoms with E-state index >= 15 is 0 Å². The zero-order chi connectivity index (χ0) is 38.5. The zero-order valence-electron chi connectivity index (χ0n) is 31.6. The van der Waals surface area contributed by atoms with Crippen LogP contribution in [0.15, 0.2) is 133 Å². The molecule has 2 aliphatic rings. The van der Waals surface area contributed by atoms with Crippen LogP contribution in [0.4, 0.5) is 0 Å². The molecule has 4 aromatic carbocycles. The molecule has 6 atom stereocenters. The smallest absolute Gasteiger partial charge is 0.334 e. The number of benzene rings is 4. The fraction of sp³-hybridized carbons (Fsp3) is 0.378. The highest BCUT2D eigenvalue weighted by Gasteiger charge is 2.44. The summed E-state index contributed by atoms with van der Waals surface area (Å²) in [6, 6.07) is 39.4. The topological polar surface area (TPSA) is 108 Å². The van der Waals surface area contributed by atoms with Crippen LogP contribution < -0.4 is 0 Å². The molecule has 0 aromatic heterocycles. The van der Waals surface area contributed by atoms with E-state index < -0.39 is 54.2 Å². The second-order valence-electron chi connectivity index (χ2n) is 14.6. The average molecular weight is 751 g/mol. The van der Waals surface area contributed by atoms with E-state index in [1.807, 2.05) is 121 Å². The van der Waals surface area contributed by atoms with Crippen LogP contribution in [-0.4, -0.2) is 62.0 Å². The molecule has 0 radical (unpaired) electrons. The number of cyclic esters (lactones) is 1. The molecule has 10 heteroatoms. The number of carbonyl (C=O) groups excluding carboxylic acids is 2. The van der Waals surface area contributed by atoms with Crippen molar-refractivity contribution in [3.05, 3.63) is 155 Å². The van der Waals surface area contributed by atoms with Crippen molar-refractivity contribution in [1.29, 1.82) is 0 Å². The number of rotatable bonds is 17. The van der Waals surface area contributed by atoms with Crippen LogP contribution in [0, 0.1) is 5.41 Å². The van der Waals surface area contributed by atoms with Gasteiger partial charge in [-0.15, -0.1) is 0 Å². The maximum absolute atomic E-state index is 13.0. The Labute approximate surface area is 323 Å². The van der Waals surface area contributed by atoms with Gasteiger partial charge in [-0.05, 0) is 43.0 Å². The summed E-state index contributed by atoms with van der Waals surface area (Å²) in [5.74, 6) is -0.884. The van der Waals surface area contributed by atoms with Crippen molar-refractivity contribution in [2.45, 2.75) is 90.4 Å². The molecule has 0 bridgehead atoms. The van der Waals surface area contributed by atoms with Crippen molar-refractivity contribution in [3.8, 4) is 0 Å². The first-order chi connectivity index (χ1) is 26.7. The van der Waals surface area contributed by atoms with Gasteiger partial charge in [0.25, 0.3) is 0 Å². The third-order valence-electron chi connectivity index (χ3n) is 9.15. The van der Waals surface area contributed by atoms with Crippen LogP contribution in [0.25, 0.3) is 0 Å². The van der Waals surface area contributed by atoms with Crippen LogP contribution in [0.3, 0.4) is 0 Å². The summed E-state index contributed by atoms with van der Waals surface area (Å²) in [7, 11) is 0. The molecule has 0 unspecified atom stereocenters. The quantitative estimate of drug-likeness (QED) is 0.101. The van der Waals surface area contributed by atoms with E-state index in [0.29, 0.717) is 19.8 Å². The molecule has 2 aliphatic heterocycles. The molecular weight excluding hydrogens is 700 g/mol. The van der Waals surface area contributed by atoms with Crippen molar-refractivity contribution in [1.82, 2.24) is 0 Å². The first-order valence-corrected chi connectivity index (χ1v) is 18.7. The summed E-state index contributed by atoms with van der Waals surface area (Å²) in [6.07, 6.45) is -2.87. The Morgan fingerprint density at radius 3 is 1.71 bits per heavy atom. The maximum atomic E-state index is 13.0. The molecule has 1 fully saturated rings. The van der Waals surface area contributed by atoms with Crippen LogP contribution >= 0.6 is 0 Å². The van der Waals surface area contributed by atoms with Crippen LogP contribution in [-0.2, 0) is 73.9 Å². The summed E-state index contributed by atoms with van der Waals surface area (Å²) in [6.45, 7) is 6.46. The summed E-state index contributed by atoms with van der Waals surface area (Å²) < 4.78 is 50.4. The van der Waals surface area contributed by atoms with Gasteiger partial charge in [-0.25, -0.2) is 4.79 Å². The van der Waals surface area contributed by atoms with E-state index in [4.69, 9.17) is 37.9 Å². The Morgan fingerprint density at radius 2 is 1.16 bits per heavy atom. The van der Waals surface area contributed by atoms with Crippen LogP contribution in [0.5, 0.6) is 0 Å². The average Bonchev–Trinajstić information content (AvgIpc) is 3.19. The SMILES string of the molecule is CC(C)(C)C(=O)OC[C@H]1OC(=O)C=C(O[C@@H]2C[C@@H](OCc3ccccc3)[C@H](OCc3ccccc3)[C@@H](COCc3ccccc3)O2)[C@H]1OCc1ccccc1.